The molecule has 0 saturated carbocycles. The predicted octanol–water partition coefficient (Wildman–Crippen LogP) is 6.46. The van der Waals surface area contributed by atoms with Crippen molar-refractivity contribution in [2.45, 2.75) is 45.4 Å². The van der Waals surface area contributed by atoms with Crippen LogP contribution >= 0.6 is 11.6 Å². The SMILES string of the molecule is CCc1cccc(Cl)c1-c1ccccc1OCCCCCCCN(C)C. The van der Waals surface area contributed by atoms with Crippen LogP contribution in [0.4, 0.5) is 0 Å². The number of halogens is 1. The Morgan fingerprint density at radius 2 is 1.62 bits per heavy atom. The number of hydrogen-bond acceptors (Lipinski definition) is 2. The van der Waals surface area contributed by atoms with Crippen LogP contribution in [0.3, 0.4) is 0 Å². The number of hydrogen-bond donors (Lipinski definition) is 0. The van der Waals surface area contributed by atoms with Crippen LogP contribution < -0.4 is 4.74 Å². The van der Waals surface area contributed by atoms with E-state index in [4.69, 9.17) is 16.3 Å². The number of aryl methyl sites for hydroxylation is 1. The second-order valence-electron chi connectivity index (χ2n) is 7.04. The molecule has 0 aliphatic heterocycles. The number of para-hydroxylation sites is 1. The highest BCUT2D eigenvalue weighted by atomic mass is 35.5. The molecule has 2 aromatic rings. The standard InChI is InChI=1S/C23H32ClNO/c1-4-19-13-12-15-21(24)23(19)20-14-8-9-16-22(20)26-18-11-7-5-6-10-17-25(2)3/h8-9,12-16H,4-7,10-11,17-18H2,1-3H3. The molecular weight excluding hydrogens is 342 g/mol. The second-order valence-corrected chi connectivity index (χ2v) is 7.45. The van der Waals surface area contributed by atoms with E-state index < -0.39 is 0 Å². The molecule has 0 bridgehead atoms. The summed E-state index contributed by atoms with van der Waals surface area (Å²) in [7, 11) is 4.27. The Balaban J connectivity index is 1.90. The fourth-order valence-corrected chi connectivity index (χ4v) is 3.50. The average molecular weight is 374 g/mol. The molecule has 0 heterocycles. The molecule has 3 heteroatoms. The van der Waals surface area contributed by atoms with Crippen molar-refractivity contribution in [3.05, 3.63) is 53.1 Å². The van der Waals surface area contributed by atoms with Crippen molar-refractivity contribution in [2.75, 3.05) is 27.2 Å². The van der Waals surface area contributed by atoms with Crippen LogP contribution in [0.5, 0.6) is 5.75 Å². The first-order chi connectivity index (χ1) is 12.6. The van der Waals surface area contributed by atoms with Crippen molar-refractivity contribution in [3.8, 4) is 16.9 Å². The third-order valence-corrected chi connectivity index (χ3v) is 4.96. The van der Waals surface area contributed by atoms with Gasteiger partial charge in [0.25, 0.3) is 0 Å². The third-order valence-electron chi connectivity index (χ3n) is 4.64. The number of benzene rings is 2. The first-order valence-corrected chi connectivity index (χ1v) is 10.2. The topological polar surface area (TPSA) is 12.5 Å². The summed E-state index contributed by atoms with van der Waals surface area (Å²) >= 11 is 6.51. The van der Waals surface area contributed by atoms with Gasteiger partial charge >= 0.3 is 0 Å². The molecule has 0 saturated heterocycles. The summed E-state index contributed by atoms with van der Waals surface area (Å²) in [5, 5.41) is 0.793. The van der Waals surface area contributed by atoms with Crippen LogP contribution in [-0.2, 0) is 6.42 Å². The molecule has 0 radical (unpaired) electrons. The zero-order valence-corrected chi connectivity index (χ0v) is 17.2. The van der Waals surface area contributed by atoms with Crippen molar-refractivity contribution in [3.63, 3.8) is 0 Å². The van der Waals surface area contributed by atoms with Gasteiger partial charge in [-0.05, 0) is 57.6 Å². The third kappa shape index (κ3) is 6.34. The van der Waals surface area contributed by atoms with Crippen molar-refractivity contribution in [2.24, 2.45) is 0 Å². The highest BCUT2D eigenvalue weighted by Crippen LogP contribution is 2.37. The summed E-state index contributed by atoms with van der Waals surface area (Å²) in [6.07, 6.45) is 7.14. The normalized spacial score (nSPS) is 11.1. The molecule has 2 nitrogen and oxygen atoms in total. The lowest BCUT2D eigenvalue weighted by Gasteiger charge is -2.15. The van der Waals surface area contributed by atoms with Gasteiger partial charge in [-0.25, -0.2) is 0 Å². The van der Waals surface area contributed by atoms with Gasteiger partial charge in [0.1, 0.15) is 5.75 Å². The van der Waals surface area contributed by atoms with E-state index in [1.54, 1.807) is 0 Å². The molecular formula is C23H32ClNO. The molecule has 26 heavy (non-hydrogen) atoms. The van der Waals surface area contributed by atoms with Gasteiger partial charge in [0, 0.05) is 16.1 Å². The molecule has 0 fully saturated rings. The zero-order chi connectivity index (χ0) is 18.8. The molecule has 0 aliphatic rings. The van der Waals surface area contributed by atoms with Crippen LogP contribution in [0.1, 0.15) is 44.6 Å². The van der Waals surface area contributed by atoms with E-state index in [1.165, 1.54) is 37.8 Å². The van der Waals surface area contributed by atoms with Gasteiger partial charge in [0.2, 0.25) is 0 Å². The van der Waals surface area contributed by atoms with E-state index >= 15 is 0 Å². The Bertz CT molecular complexity index is 669. The van der Waals surface area contributed by atoms with E-state index in [-0.39, 0.29) is 0 Å². The molecule has 0 spiro atoms. The first-order valence-electron chi connectivity index (χ1n) is 9.77. The van der Waals surface area contributed by atoms with E-state index in [0.29, 0.717) is 0 Å². The second kappa shape index (κ2) is 11.3. The maximum Gasteiger partial charge on any atom is 0.127 e. The minimum Gasteiger partial charge on any atom is -0.493 e. The van der Waals surface area contributed by atoms with Gasteiger partial charge in [-0.1, -0.05) is 68.1 Å². The monoisotopic (exact) mass is 373 g/mol. The van der Waals surface area contributed by atoms with Crippen molar-refractivity contribution in [1.82, 2.24) is 4.90 Å². The molecule has 0 aromatic heterocycles. The summed E-state index contributed by atoms with van der Waals surface area (Å²) in [4.78, 5) is 2.25. The molecule has 2 aromatic carbocycles. The molecule has 142 valence electrons. The predicted molar refractivity (Wildman–Crippen MR) is 113 cm³/mol. The van der Waals surface area contributed by atoms with Gasteiger partial charge in [-0.15, -0.1) is 0 Å². The first kappa shape index (κ1) is 20.8. The van der Waals surface area contributed by atoms with Crippen molar-refractivity contribution in [1.29, 1.82) is 0 Å². The Morgan fingerprint density at radius 3 is 2.38 bits per heavy atom. The maximum atomic E-state index is 6.51. The molecule has 0 aliphatic carbocycles. The molecule has 0 amide bonds. The van der Waals surface area contributed by atoms with Gasteiger partial charge < -0.3 is 9.64 Å². The number of rotatable bonds is 11. The maximum absolute atomic E-state index is 6.51. The van der Waals surface area contributed by atoms with E-state index in [0.717, 1.165) is 41.3 Å². The summed E-state index contributed by atoms with van der Waals surface area (Å²) < 4.78 is 6.12. The van der Waals surface area contributed by atoms with Gasteiger partial charge in [-0.2, -0.15) is 0 Å². The Morgan fingerprint density at radius 1 is 0.885 bits per heavy atom. The lowest BCUT2D eigenvalue weighted by molar-refractivity contribution is 0.304. The lowest BCUT2D eigenvalue weighted by atomic mass is 9.97. The van der Waals surface area contributed by atoms with Gasteiger partial charge in [-0.3, -0.25) is 0 Å². The van der Waals surface area contributed by atoms with Crippen LogP contribution in [0.2, 0.25) is 5.02 Å². The summed E-state index contributed by atoms with van der Waals surface area (Å²) in [5.74, 6) is 0.933. The van der Waals surface area contributed by atoms with E-state index in [9.17, 15) is 0 Å². The summed E-state index contributed by atoms with van der Waals surface area (Å²) in [6, 6.07) is 14.4. The van der Waals surface area contributed by atoms with Crippen LogP contribution in [-0.4, -0.2) is 32.1 Å². The summed E-state index contributed by atoms with van der Waals surface area (Å²) in [5.41, 5.74) is 3.46. The Hall–Kier alpha value is -1.51. The largest absolute Gasteiger partial charge is 0.493 e. The molecule has 0 unspecified atom stereocenters. The molecule has 2 rings (SSSR count). The number of nitrogens with zero attached hydrogens (tertiary/aromatic N) is 1. The van der Waals surface area contributed by atoms with Crippen LogP contribution in [0, 0.1) is 0 Å². The van der Waals surface area contributed by atoms with Gasteiger partial charge in [0.15, 0.2) is 0 Å². The number of ether oxygens (including phenoxy) is 1. The van der Waals surface area contributed by atoms with Gasteiger partial charge in [0.05, 0.1) is 6.61 Å². The van der Waals surface area contributed by atoms with E-state index in [1.807, 2.05) is 18.2 Å². The van der Waals surface area contributed by atoms with Crippen molar-refractivity contribution >= 4 is 11.6 Å². The van der Waals surface area contributed by atoms with Crippen molar-refractivity contribution < 1.29 is 4.74 Å². The minimum absolute atomic E-state index is 0.761. The fourth-order valence-electron chi connectivity index (χ4n) is 3.21. The Labute approximate surface area is 164 Å². The highest BCUT2D eigenvalue weighted by molar-refractivity contribution is 6.33. The lowest BCUT2D eigenvalue weighted by Crippen LogP contribution is -2.12. The average Bonchev–Trinajstić information content (AvgIpc) is 2.64. The molecule has 0 N–H and O–H groups in total. The number of unbranched alkanes of at least 4 members (excludes halogenated alkanes) is 4. The Kier molecular flexibility index (Phi) is 9.00. The summed E-state index contributed by atoms with van der Waals surface area (Å²) in [6.45, 7) is 4.10. The van der Waals surface area contributed by atoms with Crippen LogP contribution in [0.15, 0.2) is 42.5 Å². The highest BCUT2D eigenvalue weighted by Gasteiger charge is 2.13. The fraction of sp³-hybridized carbons (Fsp3) is 0.478. The minimum atomic E-state index is 0.761. The van der Waals surface area contributed by atoms with Crippen LogP contribution in [0.25, 0.3) is 11.1 Å². The zero-order valence-electron chi connectivity index (χ0n) is 16.4. The van der Waals surface area contributed by atoms with E-state index in [2.05, 4.69) is 50.2 Å². The molecule has 0 atom stereocenters. The quantitative estimate of drug-likeness (QED) is 0.419. The smallest absolute Gasteiger partial charge is 0.127 e.